The van der Waals surface area contributed by atoms with E-state index >= 15 is 0 Å². The summed E-state index contributed by atoms with van der Waals surface area (Å²) < 4.78 is 7.64. The first-order valence-corrected chi connectivity index (χ1v) is 7.05. The lowest BCUT2D eigenvalue weighted by Gasteiger charge is -2.19. The Morgan fingerprint density at radius 1 is 1.30 bits per heavy atom. The van der Waals surface area contributed by atoms with Gasteiger partial charge in [0.25, 0.3) is 0 Å². The summed E-state index contributed by atoms with van der Waals surface area (Å²) >= 11 is 0. The van der Waals surface area contributed by atoms with Crippen LogP contribution >= 0.6 is 0 Å². The molecule has 5 nitrogen and oxygen atoms in total. The molecule has 0 aliphatic rings. The SMILES string of the molecule is CCOc1ccccc1C(Cc1ncnn1CC)NC. The molecule has 1 atom stereocenters. The standard InChI is InChI=1S/C15H22N4O/c1-4-19-15(17-11-18-19)10-13(16-3)12-8-6-7-9-14(12)20-5-2/h6-9,11,13,16H,4-5,10H2,1-3H3. The number of para-hydroxylation sites is 1. The minimum atomic E-state index is 0.159. The van der Waals surface area contributed by atoms with Crippen LogP contribution in [-0.4, -0.2) is 28.4 Å². The molecule has 0 aliphatic heterocycles. The highest BCUT2D eigenvalue weighted by Gasteiger charge is 2.17. The van der Waals surface area contributed by atoms with Gasteiger partial charge in [-0.3, -0.25) is 4.68 Å². The Morgan fingerprint density at radius 3 is 2.80 bits per heavy atom. The topological polar surface area (TPSA) is 52.0 Å². The summed E-state index contributed by atoms with van der Waals surface area (Å²) in [6.45, 7) is 5.57. The normalized spacial score (nSPS) is 12.3. The van der Waals surface area contributed by atoms with E-state index in [0.717, 1.165) is 30.1 Å². The maximum absolute atomic E-state index is 5.71. The number of nitrogens with zero attached hydrogens (tertiary/aromatic N) is 3. The Hall–Kier alpha value is -1.88. The second kappa shape index (κ2) is 7.05. The molecule has 2 rings (SSSR count). The molecule has 1 unspecified atom stereocenters. The molecule has 1 heterocycles. The Kier molecular flexibility index (Phi) is 5.12. The first-order chi connectivity index (χ1) is 9.80. The van der Waals surface area contributed by atoms with Gasteiger partial charge in [-0.15, -0.1) is 0 Å². The third-order valence-electron chi connectivity index (χ3n) is 3.32. The van der Waals surface area contributed by atoms with Gasteiger partial charge < -0.3 is 10.1 Å². The van der Waals surface area contributed by atoms with Crippen LogP contribution in [0.5, 0.6) is 5.75 Å². The lowest BCUT2D eigenvalue weighted by atomic mass is 10.0. The van der Waals surface area contributed by atoms with Crippen molar-refractivity contribution < 1.29 is 4.74 Å². The lowest BCUT2D eigenvalue weighted by molar-refractivity contribution is 0.331. The predicted molar refractivity (Wildman–Crippen MR) is 78.8 cm³/mol. The van der Waals surface area contributed by atoms with Crippen LogP contribution in [0.2, 0.25) is 0 Å². The van der Waals surface area contributed by atoms with E-state index in [9.17, 15) is 0 Å². The number of hydrogen-bond acceptors (Lipinski definition) is 4. The Bertz CT molecular complexity index is 538. The Balaban J connectivity index is 2.24. The van der Waals surface area contributed by atoms with E-state index in [1.165, 1.54) is 0 Å². The predicted octanol–water partition coefficient (Wildman–Crippen LogP) is 2.20. The van der Waals surface area contributed by atoms with Crippen LogP contribution in [-0.2, 0) is 13.0 Å². The number of aromatic nitrogens is 3. The van der Waals surface area contributed by atoms with Gasteiger partial charge in [0.15, 0.2) is 0 Å². The number of nitrogens with one attached hydrogen (secondary N) is 1. The number of ether oxygens (including phenoxy) is 1. The molecule has 0 amide bonds. The quantitative estimate of drug-likeness (QED) is 0.841. The van der Waals surface area contributed by atoms with Gasteiger partial charge in [-0.1, -0.05) is 18.2 Å². The summed E-state index contributed by atoms with van der Waals surface area (Å²) in [4.78, 5) is 4.35. The average molecular weight is 274 g/mol. The van der Waals surface area contributed by atoms with Crippen LogP contribution in [0.3, 0.4) is 0 Å². The average Bonchev–Trinajstić information content (AvgIpc) is 2.93. The van der Waals surface area contributed by atoms with E-state index in [-0.39, 0.29) is 6.04 Å². The molecule has 0 saturated heterocycles. The number of hydrogen-bond donors (Lipinski definition) is 1. The number of benzene rings is 1. The fraction of sp³-hybridized carbons (Fsp3) is 0.467. The zero-order valence-electron chi connectivity index (χ0n) is 12.3. The monoisotopic (exact) mass is 274 g/mol. The molecule has 1 aromatic carbocycles. The maximum Gasteiger partial charge on any atom is 0.138 e. The molecule has 0 saturated carbocycles. The number of rotatable bonds is 7. The van der Waals surface area contributed by atoms with Crippen molar-refractivity contribution in [3.05, 3.63) is 42.0 Å². The van der Waals surface area contributed by atoms with E-state index in [1.807, 2.05) is 36.9 Å². The van der Waals surface area contributed by atoms with Crippen molar-refractivity contribution in [1.29, 1.82) is 0 Å². The van der Waals surface area contributed by atoms with E-state index < -0.39 is 0 Å². The molecule has 108 valence electrons. The molecule has 1 N–H and O–H groups in total. The molecule has 1 aromatic heterocycles. The summed E-state index contributed by atoms with van der Waals surface area (Å²) in [5.41, 5.74) is 1.16. The van der Waals surface area contributed by atoms with Crippen LogP contribution in [0.25, 0.3) is 0 Å². The summed E-state index contributed by atoms with van der Waals surface area (Å²) in [6, 6.07) is 8.29. The molecule has 0 bridgehead atoms. The molecule has 0 fully saturated rings. The van der Waals surface area contributed by atoms with Crippen LogP contribution in [0.15, 0.2) is 30.6 Å². The van der Waals surface area contributed by atoms with Crippen molar-refractivity contribution in [3.8, 4) is 5.75 Å². The van der Waals surface area contributed by atoms with Crippen molar-refractivity contribution in [2.75, 3.05) is 13.7 Å². The van der Waals surface area contributed by atoms with Gasteiger partial charge >= 0.3 is 0 Å². The molecular weight excluding hydrogens is 252 g/mol. The molecule has 20 heavy (non-hydrogen) atoms. The highest BCUT2D eigenvalue weighted by Crippen LogP contribution is 2.27. The van der Waals surface area contributed by atoms with Gasteiger partial charge in [0.2, 0.25) is 0 Å². The molecule has 2 aromatic rings. The van der Waals surface area contributed by atoms with Crippen molar-refractivity contribution in [3.63, 3.8) is 0 Å². The number of likely N-dealkylation sites (N-methyl/N-ethyl adjacent to an activating group) is 1. The number of aryl methyl sites for hydroxylation is 1. The van der Waals surface area contributed by atoms with Crippen LogP contribution in [0.4, 0.5) is 0 Å². The summed E-state index contributed by atoms with van der Waals surface area (Å²) in [7, 11) is 1.96. The lowest BCUT2D eigenvalue weighted by Crippen LogP contribution is -2.21. The van der Waals surface area contributed by atoms with Gasteiger partial charge in [-0.05, 0) is 27.0 Å². The Labute approximate surface area is 120 Å². The van der Waals surface area contributed by atoms with Crippen molar-refractivity contribution in [2.24, 2.45) is 0 Å². The molecule has 0 aliphatic carbocycles. The summed E-state index contributed by atoms with van der Waals surface area (Å²) in [5.74, 6) is 1.91. The maximum atomic E-state index is 5.71. The highest BCUT2D eigenvalue weighted by molar-refractivity contribution is 5.36. The van der Waals surface area contributed by atoms with Gasteiger partial charge in [-0.25, -0.2) is 4.98 Å². The smallest absolute Gasteiger partial charge is 0.138 e. The minimum Gasteiger partial charge on any atom is -0.494 e. The minimum absolute atomic E-state index is 0.159. The first kappa shape index (κ1) is 14.5. The van der Waals surface area contributed by atoms with Crippen LogP contribution < -0.4 is 10.1 Å². The second-order valence-electron chi connectivity index (χ2n) is 4.51. The molecule has 0 spiro atoms. The summed E-state index contributed by atoms with van der Waals surface area (Å²) in [6.07, 6.45) is 2.40. The van der Waals surface area contributed by atoms with Crippen LogP contribution in [0, 0.1) is 0 Å². The van der Waals surface area contributed by atoms with Gasteiger partial charge in [0.1, 0.15) is 17.9 Å². The first-order valence-electron chi connectivity index (χ1n) is 7.05. The van der Waals surface area contributed by atoms with Gasteiger partial charge in [-0.2, -0.15) is 5.10 Å². The van der Waals surface area contributed by atoms with E-state index in [0.29, 0.717) is 6.61 Å². The highest BCUT2D eigenvalue weighted by atomic mass is 16.5. The van der Waals surface area contributed by atoms with Gasteiger partial charge in [0, 0.05) is 24.6 Å². The van der Waals surface area contributed by atoms with Crippen LogP contribution in [0.1, 0.15) is 31.3 Å². The third-order valence-corrected chi connectivity index (χ3v) is 3.32. The van der Waals surface area contributed by atoms with Crippen molar-refractivity contribution in [2.45, 2.75) is 32.9 Å². The Morgan fingerprint density at radius 2 is 2.10 bits per heavy atom. The fourth-order valence-corrected chi connectivity index (χ4v) is 2.32. The van der Waals surface area contributed by atoms with Gasteiger partial charge in [0.05, 0.1) is 6.61 Å². The zero-order valence-corrected chi connectivity index (χ0v) is 12.3. The second-order valence-corrected chi connectivity index (χ2v) is 4.51. The zero-order chi connectivity index (χ0) is 14.4. The summed E-state index contributed by atoms with van der Waals surface area (Å²) in [5, 5.41) is 7.57. The third kappa shape index (κ3) is 3.17. The van der Waals surface area contributed by atoms with Crippen molar-refractivity contribution in [1.82, 2.24) is 20.1 Å². The molecule has 5 heteroatoms. The molecular formula is C15H22N4O. The van der Waals surface area contributed by atoms with Crippen molar-refractivity contribution >= 4 is 0 Å². The van der Waals surface area contributed by atoms with E-state index in [4.69, 9.17) is 4.74 Å². The van der Waals surface area contributed by atoms with E-state index in [2.05, 4.69) is 28.4 Å². The largest absolute Gasteiger partial charge is 0.494 e. The van der Waals surface area contributed by atoms with E-state index in [1.54, 1.807) is 6.33 Å². The fourth-order valence-electron chi connectivity index (χ4n) is 2.32. The molecule has 0 radical (unpaired) electrons.